The minimum absolute atomic E-state index is 0.00176. The topological polar surface area (TPSA) is 82.5 Å². The van der Waals surface area contributed by atoms with E-state index in [0.717, 1.165) is 30.8 Å². The fraction of sp³-hybridized carbons (Fsp3) is 0.348. The van der Waals surface area contributed by atoms with Crippen molar-refractivity contribution in [3.05, 3.63) is 64.4 Å². The summed E-state index contributed by atoms with van der Waals surface area (Å²) in [5.41, 5.74) is 1.49. The van der Waals surface area contributed by atoms with Gasteiger partial charge in [0.25, 0.3) is 5.56 Å². The summed E-state index contributed by atoms with van der Waals surface area (Å²) in [5.74, 6) is 0.791. The predicted octanol–water partition coefficient (Wildman–Crippen LogP) is 2.99. The lowest BCUT2D eigenvalue weighted by Crippen LogP contribution is -2.30. The lowest BCUT2D eigenvalue weighted by molar-refractivity contribution is -0.118. The van der Waals surface area contributed by atoms with Gasteiger partial charge in [-0.25, -0.2) is 4.98 Å². The maximum Gasteiger partial charge on any atom is 0.262 e. The maximum atomic E-state index is 13.1. The fourth-order valence-corrected chi connectivity index (χ4v) is 4.41. The largest absolute Gasteiger partial charge is 0.497 e. The van der Waals surface area contributed by atoms with Crippen molar-refractivity contribution < 1.29 is 14.3 Å². The molecule has 162 valence electrons. The number of fused-ring (bicyclic) bond motifs is 1. The van der Waals surface area contributed by atoms with Crippen LogP contribution in [0.3, 0.4) is 0 Å². The van der Waals surface area contributed by atoms with E-state index in [0.29, 0.717) is 29.1 Å². The standard InChI is InChI=1S/C23H25N3O4S/c1-29-17-7-4-6-16(12-17)13-24-21(27)15-31-23-25-20-10-3-2-9-19(20)22(28)26(23)14-18-8-5-11-30-18/h2-4,6-7,9-10,12,18H,5,8,11,13-15H2,1H3,(H,24,27). The minimum atomic E-state index is -0.126. The molecule has 7 nitrogen and oxygen atoms in total. The molecule has 1 N–H and O–H groups in total. The molecule has 1 aromatic heterocycles. The normalized spacial score (nSPS) is 15.8. The molecule has 1 saturated heterocycles. The Hall–Kier alpha value is -2.84. The molecule has 0 radical (unpaired) electrons. The summed E-state index contributed by atoms with van der Waals surface area (Å²) < 4.78 is 12.6. The monoisotopic (exact) mass is 439 g/mol. The zero-order chi connectivity index (χ0) is 21.6. The van der Waals surface area contributed by atoms with E-state index in [4.69, 9.17) is 9.47 Å². The average Bonchev–Trinajstić information content (AvgIpc) is 3.32. The van der Waals surface area contributed by atoms with Crippen LogP contribution in [-0.4, -0.2) is 41.0 Å². The first kappa shape index (κ1) is 21.4. The molecule has 0 bridgehead atoms. The number of nitrogens with one attached hydrogen (secondary N) is 1. The van der Waals surface area contributed by atoms with Crippen molar-refractivity contribution in [3.63, 3.8) is 0 Å². The number of aromatic nitrogens is 2. The van der Waals surface area contributed by atoms with Gasteiger partial charge in [-0.3, -0.25) is 14.2 Å². The van der Waals surface area contributed by atoms with E-state index in [1.54, 1.807) is 17.7 Å². The number of benzene rings is 2. The minimum Gasteiger partial charge on any atom is -0.497 e. The lowest BCUT2D eigenvalue weighted by Gasteiger charge is -2.16. The van der Waals surface area contributed by atoms with Crippen LogP contribution in [0.2, 0.25) is 0 Å². The number of methoxy groups -OCH3 is 1. The molecule has 0 saturated carbocycles. The number of amides is 1. The molecule has 1 fully saturated rings. The third kappa shape index (κ3) is 5.26. The zero-order valence-corrected chi connectivity index (χ0v) is 18.2. The summed E-state index contributed by atoms with van der Waals surface area (Å²) >= 11 is 1.27. The van der Waals surface area contributed by atoms with Crippen LogP contribution in [-0.2, 0) is 22.6 Å². The van der Waals surface area contributed by atoms with E-state index in [9.17, 15) is 9.59 Å². The van der Waals surface area contributed by atoms with Gasteiger partial charge in [0.2, 0.25) is 5.91 Å². The van der Waals surface area contributed by atoms with Gasteiger partial charge < -0.3 is 14.8 Å². The summed E-state index contributed by atoms with van der Waals surface area (Å²) in [6.45, 7) is 1.57. The summed E-state index contributed by atoms with van der Waals surface area (Å²) in [7, 11) is 1.61. The van der Waals surface area contributed by atoms with Gasteiger partial charge in [-0.15, -0.1) is 0 Å². The average molecular weight is 440 g/mol. The van der Waals surface area contributed by atoms with Crippen LogP contribution in [0.5, 0.6) is 5.75 Å². The second-order valence-corrected chi connectivity index (χ2v) is 8.32. The molecule has 8 heteroatoms. The van der Waals surface area contributed by atoms with Crippen molar-refractivity contribution in [1.29, 1.82) is 0 Å². The lowest BCUT2D eigenvalue weighted by atomic mass is 10.2. The van der Waals surface area contributed by atoms with E-state index < -0.39 is 0 Å². The number of hydrogen-bond donors (Lipinski definition) is 1. The van der Waals surface area contributed by atoms with E-state index in [-0.39, 0.29) is 23.3 Å². The van der Waals surface area contributed by atoms with Crippen molar-refractivity contribution in [1.82, 2.24) is 14.9 Å². The maximum absolute atomic E-state index is 13.1. The van der Waals surface area contributed by atoms with Crippen LogP contribution in [0.4, 0.5) is 0 Å². The first-order chi connectivity index (χ1) is 15.1. The molecule has 2 aromatic carbocycles. The van der Waals surface area contributed by atoms with Crippen LogP contribution in [0, 0.1) is 0 Å². The Kier molecular flexibility index (Phi) is 6.89. The number of para-hydroxylation sites is 1. The summed E-state index contributed by atoms with van der Waals surface area (Å²) in [5, 5.41) is 4.02. The van der Waals surface area contributed by atoms with Crippen molar-refractivity contribution in [2.24, 2.45) is 0 Å². The number of hydrogen-bond acceptors (Lipinski definition) is 6. The number of carbonyl (C=O) groups is 1. The molecular weight excluding hydrogens is 414 g/mol. The number of nitrogens with zero attached hydrogens (tertiary/aromatic N) is 2. The summed E-state index contributed by atoms with van der Waals surface area (Å²) in [6, 6.07) is 14.9. The SMILES string of the molecule is COc1cccc(CNC(=O)CSc2nc3ccccc3c(=O)n2CC2CCCO2)c1. The third-order valence-electron chi connectivity index (χ3n) is 5.19. The Bertz CT molecular complexity index is 1130. The highest BCUT2D eigenvalue weighted by atomic mass is 32.2. The number of rotatable bonds is 8. The molecule has 0 spiro atoms. The molecule has 4 rings (SSSR count). The Labute approximate surface area is 184 Å². The molecule has 1 aliphatic rings. The van der Waals surface area contributed by atoms with E-state index in [1.165, 1.54) is 11.8 Å². The van der Waals surface area contributed by atoms with Crippen molar-refractivity contribution >= 4 is 28.6 Å². The van der Waals surface area contributed by atoms with E-state index >= 15 is 0 Å². The summed E-state index contributed by atoms with van der Waals surface area (Å²) in [4.78, 5) is 30.2. The van der Waals surface area contributed by atoms with Gasteiger partial charge in [0.05, 0.1) is 36.4 Å². The predicted molar refractivity (Wildman–Crippen MR) is 121 cm³/mol. The first-order valence-corrected chi connectivity index (χ1v) is 11.3. The van der Waals surface area contributed by atoms with Gasteiger partial charge in [0.15, 0.2) is 5.16 Å². The molecule has 31 heavy (non-hydrogen) atoms. The molecule has 1 atom stereocenters. The van der Waals surface area contributed by atoms with Gasteiger partial charge in [-0.1, -0.05) is 36.0 Å². The van der Waals surface area contributed by atoms with Crippen LogP contribution >= 0.6 is 11.8 Å². The zero-order valence-electron chi connectivity index (χ0n) is 17.4. The second kappa shape index (κ2) is 9.98. The molecule has 1 unspecified atom stereocenters. The van der Waals surface area contributed by atoms with Crippen LogP contribution < -0.4 is 15.6 Å². The highest BCUT2D eigenvalue weighted by molar-refractivity contribution is 7.99. The highest BCUT2D eigenvalue weighted by Crippen LogP contribution is 2.21. The quantitative estimate of drug-likeness (QED) is 0.429. The Morgan fingerprint density at radius 3 is 2.97 bits per heavy atom. The van der Waals surface area contributed by atoms with Crippen LogP contribution in [0.25, 0.3) is 10.9 Å². The van der Waals surface area contributed by atoms with Crippen LogP contribution in [0.15, 0.2) is 58.5 Å². The highest BCUT2D eigenvalue weighted by Gasteiger charge is 2.20. The second-order valence-electron chi connectivity index (χ2n) is 7.38. The molecule has 0 aliphatic carbocycles. The fourth-order valence-electron chi connectivity index (χ4n) is 3.58. The van der Waals surface area contributed by atoms with Gasteiger partial charge in [0.1, 0.15) is 5.75 Å². The van der Waals surface area contributed by atoms with Crippen molar-refractivity contribution in [3.8, 4) is 5.75 Å². The molecule has 1 aliphatic heterocycles. The molecule has 3 aromatic rings. The Balaban J connectivity index is 1.47. The van der Waals surface area contributed by atoms with Gasteiger partial charge in [-0.05, 0) is 42.7 Å². The Morgan fingerprint density at radius 2 is 2.16 bits per heavy atom. The molecular formula is C23H25N3O4S. The van der Waals surface area contributed by atoms with Gasteiger partial charge in [0, 0.05) is 13.2 Å². The van der Waals surface area contributed by atoms with Crippen molar-refractivity contribution in [2.75, 3.05) is 19.5 Å². The number of carbonyl (C=O) groups excluding carboxylic acids is 1. The Morgan fingerprint density at radius 1 is 1.29 bits per heavy atom. The smallest absolute Gasteiger partial charge is 0.262 e. The third-order valence-corrected chi connectivity index (χ3v) is 6.17. The first-order valence-electron chi connectivity index (χ1n) is 10.3. The van der Waals surface area contributed by atoms with Crippen LogP contribution in [0.1, 0.15) is 18.4 Å². The van der Waals surface area contributed by atoms with E-state index in [1.807, 2.05) is 42.5 Å². The van der Waals surface area contributed by atoms with Gasteiger partial charge in [-0.2, -0.15) is 0 Å². The molecule has 2 heterocycles. The molecule has 1 amide bonds. The van der Waals surface area contributed by atoms with E-state index in [2.05, 4.69) is 10.3 Å². The summed E-state index contributed by atoms with van der Waals surface area (Å²) in [6.07, 6.45) is 1.92. The van der Waals surface area contributed by atoms with Crippen molar-refractivity contribution in [2.45, 2.75) is 37.2 Å². The number of ether oxygens (including phenoxy) is 2. The number of thioether (sulfide) groups is 1. The van der Waals surface area contributed by atoms with Gasteiger partial charge >= 0.3 is 0 Å².